The van der Waals surface area contributed by atoms with E-state index in [9.17, 15) is 18.0 Å². The number of carboxylic acids is 1. The number of alkyl halides is 3. The van der Waals surface area contributed by atoms with Crippen molar-refractivity contribution in [1.82, 2.24) is 9.88 Å². The summed E-state index contributed by atoms with van der Waals surface area (Å²) in [6, 6.07) is 13.9. The van der Waals surface area contributed by atoms with E-state index in [2.05, 4.69) is 9.88 Å². The van der Waals surface area contributed by atoms with E-state index < -0.39 is 17.7 Å². The van der Waals surface area contributed by atoms with Crippen LogP contribution < -0.4 is 4.90 Å². The number of carbonyl (C=O) groups excluding carboxylic acids is 1. The number of carboxylic acid groups (broad SMARTS) is 1. The number of hydrogen-bond acceptors (Lipinski definition) is 6. The van der Waals surface area contributed by atoms with Crippen LogP contribution in [0.1, 0.15) is 11.3 Å². The SMILES string of the molecule is Cc1ccccc1N1CC2(COCCN(Cc3ccccn3)C2)OCC1=O.O=C(O)C(F)(F)F. The van der Waals surface area contributed by atoms with Crippen molar-refractivity contribution in [2.75, 3.05) is 44.4 Å². The highest BCUT2D eigenvalue weighted by Crippen LogP contribution is 2.29. The molecule has 2 aliphatic rings. The summed E-state index contributed by atoms with van der Waals surface area (Å²) in [7, 11) is 0. The molecule has 0 aliphatic carbocycles. The molecule has 1 amide bonds. The number of nitrogens with zero attached hydrogens (tertiary/aromatic N) is 3. The summed E-state index contributed by atoms with van der Waals surface area (Å²) in [6.45, 7) is 6.01. The first-order chi connectivity index (χ1) is 16.1. The Morgan fingerprint density at radius 1 is 1.18 bits per heavy atom. The number of anilines is 1. The van der Waals surface area contributed by atoms with E-state index in [1.807, 2.05) is 60.5 Å². The van der Waals surface area contributed by atoms with Crippen LogP contribution in [0.5, 0.6) is 0 Å². The number of para-hydroxylation sites is 1. The molecular weight excluding hydrogens is 455 g/mol. The molecule has 0 saturated carbocycles. The summed E-state index contributed by atoms with van der Waals surface area (Å²) >= 11 is 0. The van der Waals surface area contributed by atoms with Gasteiger partial charge >= 0.3 is 12.1 Å². The van der Waals surface area contributed by atoms with Crippen LogP contribution >= 0.6 is 0 Å². The maximum absolute atomic E-state index is 12.6. The summed E-state index contributed by atoms with van der Waals surface area (Å²) in [5.41, 5.74) is 2.53. The largest absolute Gasteiger partial charge is 0.490 e. The van der Waals surface area contributed by atoms with Crippen molar-refractivity contribution in [1.29, 1.82) is 0 Å². The molecule has 0 bridgehead atoms. The Kier molecular flexibility index (Phi) is 8.24. The Balaban J connectivity index is 0.000000406. The van der Waals surface area contributed by atoms with E-state index in [0.29, 0.717) is 26.3 Å². The lowest BCUT2D eigenvalue weighted by Gasteiger charge is -2.43. The van der Waals surface area contributed by atoms with Crippen LogP contribution in [0, 0.1) is 6.92 Å². The van der Waals surface area contributed by atoms with Gasteiger partial charge in [0.1, 0.15) is 12.2 Å². The maximum Gasteiger partial charge on any atom is 0.490 e. The van der Waals surface area contributed by atoms with Gasteiger partial charge in [0, 0.05) is 31.5 Å². The third kappa shape index (κ3) is 6.75. The number of aromatic nitrogens is 1. The molecule has 1 spiro atoms. The zero-order valence-electron chi connectivity index (χ0n) is 18.6. The van der Waals surface area contributed by atoms with Crippen molar-refractivity contribution < 1.29 is 37.3 Å². The lowest BCUT2D eigenvalue weighted by Crippen LogP contribution is -2.60. The fraction of sp³-hybridized carbons (Fsp3) is 0.435. The molecule has 4 rings (SSSR count). The number of rotatable bonds is 3. The molecule has 3 heterocycles. The van der Waals surface area contributed by atoms with E-state index >= 15 is 0 Å². The number of ether oxygens (including phenoxy) is 2. The number of amides is 1. The smallest absolute Gasteiger partial charge is 0.475 e. The summed E-state index contributed by atoms with van der Waals surface area (Å²) in [5.74, 6) is -2.76. The summed E-state index contributed by atoms with van der Waals surface area (Å²) in [6.07, 6.45) is -3.27. The predicted octanol–water partition coefficient (Wildman–Crippen LogP) is 2.66. The topological polar surface area (TPSA) is 92.2 Å². The Bertz CT molecular complexity index is 989. The van der Waals surface area contributed by atoms with Crippen LogP contribution in [0.2, 0.25) is 0 Å². The van der Waals surface area contributed by atoms with E-state index in [-0.39, 0.29) is 12.5 Å². The maximum atomic E-state index is 12.6. The van der Waals surface area contributed by atoms with Gasteiger partial charge in [-0.05, 0) is 30.7 Å². The average molecular weight is 481 g/mol. The number of hydrogen-bond donors (Lipinski definition) is 1. The molecule has 1 aromatic heterocycles. The highest BCUT2D eigenvalue weighted by molar-refractivity contribution is 5.95. The first kappa shape index (κ1) is 25.6. The molecule has 11 heteroatoms. The van der Waals surface area contributed by atoms with Crippen molar-refractivity contribution in [2.24, 2.45) is 0 Å². The van der Waals surface area contributed by atoms with E-state index in [4.69, 9.17) is 19.4 Å². The van der Waals surface area contributed by atoms with E-state index in [1.165, 1.54) is 0 Å². The fourth-order valence-corrected chi connectivity index (χ4v) is 3.82. The zero-order chi connectivity index (χ0) is 24.8. The summed E-state index contributed by atoms with van der Waals surface area (Å²) in [5, 5.41) is 7.12. The van der Waals surface area contributed by atoms with Gasteiger partial charge < -0.3 is 19.5 Å². The normalized spacial score (nSPS) is 21.5. The fourth-order valence-electron chi connectivity index (χ4n) is 3.82. The Labute approximate surface area is 194 Å². The standard InChI is InChI=1S/C21H25N3O3.C2HF3O2/c1-17-6-2-3-8-19(17)24-15-21(27-13-20(24)25)14-23(10-11-26-16-21)12-18-7-4-5-9-22-18;3-2(4,5)1(6)7/h2-9H,10-16H2,1H3;(H,6,7). The van der Waals surface area contributed by atoms with Crippen LogP contribution in [0.3, 0.4) is 0 Å². The number of aliphatic carboxylic acids is 1. The lowest BCUT2D eigenvalue weighted by atomic mass is 10.00. The van der Waals surface area contributed by atoms with Gasteiger partial charge in [-0.15, -0.1) is 0 Å². The number of benzene rings is 1. The van der Waals surface area contributed by atoms with Gasteiger partial charge in [-0.1, -0.05) is 24.3 Å². The second-order valence-corrected chi connectivity index (χ2v) is 8.13. The zero-order valence-corrected chi connectivity index (χ0v) is 18.6. The average Bonchev–Trinajstić information content (AvgIpc) is 2.98. The van der Waals surface area contributed by atoms with Crippen molar-refractivity contribution >= 4 is 17.6 Å². The van der Waals surface area contributed by atoms with E-state index in [1.54, 1.807) is 0 Å². The van der Waals surface area contributed by atoms with Crippen LogP contribution in [0.25, 0.3) is 0 Å². The Hall–Kier alpha value is -3.02. The van der Waals surface area contributed by atoms with Gasteiger partial charge in [-0.3, -0.25) is 14.7 Å². The monoisotopic (exact) mass is 481 g/mol. The number of aryl methyl sites for hydroxylation is 1. The van der Waals surface area contributed by atoms with Gasteiger partial charge in [-0.2, -0.15) is 13.2 Å². The van der Waals surface area contributed by atoms with Crippen molar-refractivity contribution in [2.45, 2.75) is 25.2 Å². The van der Waals surface area contributed by atoms with Gasteiger partial charge in [0.05, 0.1) is 25.5 Å². The molecule has 34 heavy (non-hydrogen) atoms. The Morgan fingerprint density at radius 2 is 1.88 bits per heavy atom. The van der Waals surface area contributed by atoms with Crippen LogP contribution in [0.15, 0.2) is 48.7 Å². The highest BCUT2D eigenvalue weighted by atomic mass is 19.4. The Morgan fingerprint density at radius 3 is 2.53 bits per heavy atom. The minimum Gasteiger partial charge on any atom is -0.475 e. The van der Waals surface area contributed by atoms with Gasteiger partial charge in [0.2, 0.25) is 0 Å². The minimum absolute atomic E-state index is 0.00421. The van der Waals surface area contributed by atoms with Crippen molar-refractivity contribution in [3.8, 4) is 0 Å². The molecule has 2 aliphatic heterocycles. The molecule has 2 aromatic rings. The molecule has 1 N–H and O–H groups in total. The lowest BCUT2D eigenvalue weighted by molar-refractivity contribution is -0.192. The molecule has 2 fully saturated rings. The number of halogens is 3. The molecule has 1 atom stereocenters. The first-order valence-electron chi connectivity index (χ1n) is 10.6. The molecular formula is C23H26F3N3O5. The second kappa shape index (κ2) is 10.9. The van der Waals surface area contributed by atoms with Gasteiger partial charge in [-0.25, -0.2) is 4.79 Å². The quantitative estimate of drug-likeness (QED) is 0.721. The van der Waals surface area contributed by atoms with Crippen molar-refractivity contribution in [3.63, 3.8) is 0 Å². The molecule has 8 nitrogen and oxygen atoms in total. The number of carbonyl (C=O) groups is 2. The first-order valence-corrected chi connectivity index (χ1v) is 10.6. The van der Waals surface area contributed by atoms with Crippen molar-refractivity contribution in [3.05, 3.63) is 59.9 Å². The molecule has 1 unspecified atom stereocenters. The third-order valence-electron chi connectivity index (χ3n) is 5.44. The second-order valence-electron chi connectivity index (χ2n) is 8.13. The van der Waals surface area contributed by atoms with Gasteiger partial charge in [0.25, 0.3) is 5.91 Å². The highest BCUT2D eigenvalue weighted by Gasteiger charge is 2.43. The molecule has 0 radical (unpaired) electrons. The number of pyridine rings is 1. The summed E-state index contributed by atoms with van der Waals surface area (Å²) in [4.78, 5) is 30.1. The number of morpholine rings is 1. The third-order valence-corrected chi connectivity index (χ3v) is 5.44. The predicted molar refractivity (Wildman–Crippen MR) is 116 cm³/mol. The molecule has 2 saturated heterocycles. The van der Waals surface area contributed by atoms with Gasteiger partial charge in [0.15, 0.2) is 0 Å². The summed E-state index contributed by atoms with van der Waals surface area (Å²) < 4.78 is 43.7. The molecule has 1 aromatic carbocycles. The van der Waals surface area contributed by atoms with E-state index in [0.717, 1.165) is 30.0 Å². The molecule has 184 valence electrons. The van der Waals surface area contributed by atoms with Crippen LogP contribution in [-0.2, 0) is 25.6 Å². The van der Waals surface area contributed by atoms with Crippen LogP contribution in [0.4, 0.5) is 18.9 Å². The minimum atomic E-state index is -5.08. The van der Waals surface area contributed by atoms with Crippen LogP contribution in [-0.4, -0.2) is 78.1 Å².